The van der Waals surface area contributed by atoms with E-state index < -0.39 is 0 Å². The molecule has 2 aromatic rings. The third-order valence-corrected chi connectivity index (χ3v) is 5.38. The summed E-state index contributed by atoms with van der Waals surface area (Å²) in [6.07, 6.45) is 9.93. The maximum atomic E-state index is 2.55. The predicted molar refractivity (Wildman–Crippen MR) is 114 cm³/mol. The molecule has 26 heavy (non-hydrogen) atoms. The first-order valence-corrected chi connectivity index (χ1v) is 9.59. The average Bonchev–Trinajstić information content (AvgIpc) is 2.63. The quantitative estimate of drug-likeness (QED) is 0.602. The molecule has 1 heteroatoms. The van der Waals surface area contributed by atoms with Crippen molar-refractivity contribution in [3.8, 4) is 0 Å². The summed E-state index contributed by atoms with van der Waals surface area (Å²) < 4.78 is 0. The smallest absolute Gasteiger partial charge is 0.0603 e. The summed E-state index contributed by atoms with van der Waals surface area (Å²) in [7, 11) is 0. The van der Waals surface area contributed by atoms with Crippen LogP contribution in [0.4, 0.5) is 5.69 Å². The topological polar surface area (TPSA) is 3.24 Å². The van der Waals surface area contributed by atoms with Gasteiger partial charge in [0.15, 0.2) is 0 Å². The van der Waals surface area contributed by atoms with Crippen molar-refractivity contribution < 1.29 is 0 Å². The Morgan fingerprint density at radius 2 is 1.38 bits per heavy atom. The molecule has 0 saturated heterocycles. The lowest BCUT2D eigenvalue weighted by Gasteiger charge is -2.45. The lowest BCUT2D eigenvalue weighted by Crippen LogP contribution is -2.48. The molecule has 0 spiro atoms. The van der Waals surface area contributed by atoms with Crippen molar-refractivity contribution in [3.63, 3.8) is 0 Å². The van der Waals surface area contributed by atoms with Crippen molar-refractivity contribution >= 4 is 5.69 Å². The zero-order valence-electron chi connectivity index (χ0n) is 16.7. The molecule has 0 bridgehead atoms. The van der Waals surface area contributed by atoms with E-state index >= 15 is 0 Å². The monoisotopic (exact) mass is 345 g/mol. The minimum Gasteiger partial charge on any atom is -0.356 e. The van der Waals surface area contributed by atoms with Crippen molar-refractivity contribution in [1.82, 2.24) is 0 Å². The van der Waals surface area contributed by atoms with E-state index in [4.69, 9.17) is 0 Å². The maximum absolute atomic E-state index is 2.55. The highest BCUT2D eigenvalue weighted by molar-refractivity contribution is 5.54. The van der Waals surface area contributed by atoms with Crippen LogP contribution in [0.15, 0.2) is 78.9 Å². The van der Waals surface area contributed by atoms with Gasteiger partial charge in [-0.2, -0.15) is 0 Å². The van der Waals surface area contributed by atoms with Crippen LogP contribution in [0, 0.1) is 0 Å². The number of nitrogens with zero attached hydrogens (tertiary/aromatic N) is 1. The Morgan fingerprint density at radius 1 is 0.769 bits per heavy atom. The van der Waals surface area contributed by atoms with Gasteiger partial charge < -0.3 is 4.90 Å². The summed E-state index contributed by atoms with van der Waals surface area (Å²) >= 11 is 0. The van der Waals surface area contributed by atoms with Crippen molar-refractivity contribution in [1.29, 1.82) is 0 Å². The molecule has 1 nitrogen and oxygen atoms in total. The highest BCUT2D eigenvalue weighted by Crippen LogP contribution is 2.37. The number of rotatable bonds is 4. The molecule has 1 aliphatic carbocycles. The summed E-state index contributed by atoms with van der Waals surface area (Å²) in [6.45, 7) is 11.5. The Hall–Kier alpha value is -2.28. The van der Waals surface area contributed by atoms with Crippen LogP contribution in [0.3, 0.4) is 0 Å². The van der Waals surface area contributed by atoms with Crippen LogP contribution in [-0.4, -0.2) is 6.04 Å². The molecule has 3 rings (SSSR count). The Bertz CT molecular complexity index is 773. The molecule has 0 saturated carbocycles. The Morgan fingerprint density at radius 3 is 1.92 bits per heavy atom. The second kappa shape index (κ2) is 7.15. The number of allylic oxidation sites excluding steroid dienone is 2. The van der Waals surface area contributed by atoms with Gasteiger partial charge in [0.2, 0.25) is 0 Å². The first-order chi connectivity index (χ1) is 12.3. The summed E-state index contributed by atoms with van der Waals surface area (Å²) in [6, 6.07) is 20.3. The summed E-state index contributed by atoms with van der Waals surface area (Å²) in [5, 5.41) is 0. The summed E-state index contributed by atoms with van der Waals surface area (Å²) in [5.41, 5.74) is 4.06. The van der Waals surface area contributed by atoms with Gasteiger partial charge >= 0.3 is 0 Å². The average molecular weight is 346 g/mol. The van der Waals surface area contributed by atoms with Crippen LogP contribution in [0.2, 0.25) is 0 Å². The molecule has 0 N–H and O–H groups in total. The van der Waals surface area contributed by atoms with E-state index in [9.17, 15) is 0 Å². The largest absolute Gasteiger partial charge is 0.356 e. The zero-order chi connectivity index (χ0) is 18.8. The van der Waals surface area contributed by atoms with E-state index in [1.807, 2.05) is 0 Å². The molecule has 0 aromatic heterocycles. The minimum atomic E-state index is -0.113. The first kappa shape index (κ1) is 18.5. The van der Waals surface area contributed by atoms with Crippen LogP contribution < -0.4 is 4.90 Å². The number of anilines is 1. The molecule has 0 radical (unpaired) electrons. The van der Waals surface area contributed by atoms with Gasteiger partial charge in [-0.1, -0.05) is 87.5 Å². The fraction of sp³-hybridized carbons (Fsp3) is 0.360. The minimum absolute atomic E-state index is 0.113. The molecule has 1 unspecified atom stereocenters. The van der Waals surface area contributed by atoms with Crippen LogP contribution in [0.5, 0.6) is 0 Å². The standard InChI is InChI=1S/C25H31N/c1-24(2,3)20-16-18-21(19-17-20)25(4,5)26(22-12-8-6-9-13-22)23-14-10-7-11-15-23/h6-14,16-19,23H,15H2,1-5H3. The van der Waals surface area contributed by atoms with E-state index in [1.165, 1.54) is 16.8 Å². The number of para-hydroxylation sites is 1. The number of benzene rings is 2. The molecule has 136 valence electrons. The van der Waals surface area contributed by atoms with Crippen molar-refractivity contribution in [2.45, 2.75) is 58.0 Å². The van der Waals surface area contributed by atoms with Crippen LogP contribution in [0.25, 0.3) is 0 Å². The molecule has 1 aliphatic rings. The molecule has 1 atom stereocenters. The Balaban J connectivity index is 2.01. The van der Waals surface area contributed by atoms with Gasteiger partial charge in [-0.25, -0.2) is 0 Å². The van der Waals surface area contributed by atoms with Gasteiger partial charge in [0, 0.05) is 5.69 Å². The molecule has 0 heterocycles. The summed E-state index contributed by atoms with van der Waals surface area (Å²) in [4.78, 5) is 2.55. The third kappa shape index (κ3) is 3.77. The van der Waals surface area contributed by atoms with Crippen molar-refractivity contribution in [3.05, 3.63) is 90.0 Å². The van der Waals surface area contributed by atoms with E-state index in [2.05, 4.69) is 118 Å². The summed E-state index contributed by atoms with van der Waals surface area (Å²) in [5.74, 6) is 0. The normalized spacial score (nSPS) is 17.3. The Kier molecular flexibility index (Phi) is 5.09. The Labute approximate surface area is 159 Å². The third-order valence-electron chi connectivity index (χ3n) is 5.38. The highest BCUT2D eigenvalue weighted by Gasteiger charge is 2.33. The van der Waals surface area contributed by atoms with Gasteiger partial charge in [-0.3, -0.25) is 0 Å². The molecule has 2 aromatic carbocycles. The van der Waals surface area contributed by atoms with Gasteiger partial charge in [-0.15, -0.1) is 0 Å². The van der Waals surface area contributed by atoms with E-state index in [0.29, 0.717) is 6.04 Å². The zero-order valence-corrected chi connectivity index (χ0v) is 16.7. The second-order valence-electron chi connectivity index (χ2n) is 8.71. The highest BCUT2D eigenvalue weighted by atomic mass is 15.2. The number of hydrogen-bond donors (Lipinski definition) is 0. The van der Waals surface area contributed by atoms with Crippen LogP contribution in [0.1, 0.15) is 52.2 Å². The first-order valence-electron chi connectivity index (χ1n) is 9.59. The number of hydrogen-bond acceptors (Lipinski definition) is 1. The fourth-order valence-corrected chi connectivity index (χ4v) is 3.79. The van der Waals surface area contributed by atoms with Gasteiger partial charge in [0.1, 0.15) is 0 Å². The van der Waals surface area contributed by atoms with E-state index in [-0.39, 0.29) is 11.0 Å². The van der Waals surface area contributed by atoms with Crippen molar-refractivity contribution in [2.75, 3.05) is 4.90 Å². The molecule has 0 amide bonds. The lowest BCUT2D eigenvalue weighted by molar-refractivity contribution is 0.448. The van der Waals surface area contributed by atoms with Crippen molar-refractivity contribution in [2.24, 2.45) is 0 Å². The van der Waals surface area contributed by atoms with Gasteiger partial charge in [0.25, 0.3) is 0 Å². The van der Waals surface area contributed by atoms with Crippen LogP contribution in [-0.2, 0) is 11.0 Å². The van der Waals surface area contributed by atoms with Gasteiger partial charge in [0.05, 0.1) is 11.6 Å². The maximum Gasteiger partial charge on any atom is 0.0603 e. The van der Waals surface area contributed by atoms with Gasteiger partial charge in [-0.05, 0) is 48.9 Å². The fourth-order valence-electron chi connectivity index (χ4n) is 3.79. The van der Waals surface area contributed by atoms with Crippen LogP contribution >= 0.6 is 0 Å². The molecular formula is C25H31N. The lowest BCUT2D eigenvalue weighted by atomic mass is 9.83. The molecular weight excluding hydrogens is 314 g/mol. The SMILES string of the molecule is CC(C)(C)c1ccc(C(C)(C)N(c2ccccc2)C2C=CC=CC2)cc1. The van der Waals surface area contributed by atoms with E-state index in [0.717, 1.165) is 6.42 Å². The molecule has 0 fully saturated rings. The molecule has 0 aliphatic heterocycles. The second-order valence-corrected chi connectivity index (χ2v) is 8.71. The predicted octanol–water partition coefficient (Wildman–Crippen LogP) is 6.61. The van der Waals surface area contributed by atoms with E-state index in [1.54, 1.807) is 0 Å².